The van der Waals surface area contributed by atoms with Gasteiger partial charge >= 0.3 is 0 Å². The van der Waals surface area contributed by atoms with Crippen LogP contribution in [-0.2, 0) is 24.0 Å². The zero-order chi connectivity index (χ0) is 18.9. The van der Waals surface area contributed by atoms with Crippen molar-refractivity contribution >= 4 is 29.9 Å². The molecule has 0 fully saturated rings. The molecule has 0 aromatic heterocycles. The van der Waals surface area contributed by atoms with Gasteiger partial charge in [0.1, 0.15) is 18.4 Å². The first-order valence-electron chi connectivity index (χ1n) is 7.47. The third-order valence-corrected chi connectivity index (χ3v) is 2.93. The number of rotatable bonds is 9. The highest BCUT2D eigenvalue weighted by Crippen LogP contribution is 1.89. The Bertz CT molecular complexity index is 494. The average Bonchev–Trinajstić information content (AvgIpc) is 2.51. The number of nitrogens with one attached hydrogen (secondary N) is 4. The van der Waals surface area contributed by atoms with Crippen molar-refractivity contribution in [1.82, 2.24) is 21.3 Å². The van der Waals surface area contributed by atoms with Crippen LogP contribution < -0.4 is 27.0 Å². The SMILES string of the molecule is C[C@H](N)C(=O)N[C@@H](C)C(=O)N[C@@H](C)C(=O)NCC(=O)N[C@@H](C)C=O. The van der Waals surface area contributed by atoms with Crippen LogP contribution in [0.15, 0.2) is 0 Å². The molecule has 0 rings (SSSR count). The normalized spacial score (nSPS) is 15.2. The molecule has 0 aromatic carbocycles. The van der Waals surface area contributed by atoms with Crippen molar-refractivity contribution in [2.45, 2.75) is 51.9 Å². The molecular weight excluding hydrogens is 318 g/mol. The smallest absolute Gasteiger partial charge is 0.242 e. The zero-order valence-corrected chi connectivity index (χ0v) is 14.2. The standard InChI is InChI=1S/C14H25N5O5/c1-7(6-20)17-11(21)5-16-13(23)9(3)19-14(24)10(4)18-12(22)8(2)15/h6-10H,5,15H2,1-4H3,(H,16,23)(H,17,21)(H,18,22)(H,19,24)/t7-,8-,9-,10-/m0/s1. The summed E-state index contributed by atoms with van der Waals surface area (Å²) in [6, 6.07) is -3.19. The summed E-state index contributed by atoms with van der Waals surface area (Å²) in [6.07, 6.45) is 0.556. The molecular formula is C14H25N5O5. The molecule has 10 heteroatoms. The Morgan fingerprint density at radius 2 is 1.38 bits per heavy atom. The maximum absolute atomic E-state index is 11.9. The lowest BCUT2D eigenvalue weighted by molar-refractivity contribution is -0.132. The zero-order valence-electron chi connectivity index (χ0n) is 14.2. The minimum absolute atomic E-state index is 0.325. The molecule has 0 spiro atoms. The molecule has 24 heavy (non-hydrogen) atoms. The molecule has 0 aliphatic rings. The second-order valence-corrected chi connectivity index (χ2v) is 5.46. The molecule has 4 amide bonds. The largest absolute Gasteiger partial charge is 0.345 e. The van der Waals surface area contributed by atoms with Crippen molar-refractivity contribution < 1.29 is 24.0 Å². The van der Waals surface area contributed by atoms with Gasteiger partial charge in [-0.15, -0.1) is 0 Å². The van der Waals surface area contributed by atoms with Crippen LogP contribution in [0.5, 0.6) is 0 Å². The Balaban J connectivity index is 4.30. The topological polar surface area (TPSA) is 159 Å². The fourth-order valence-electron chi connectivity index (χ4n) is 1.47. The van der Waals surface area contributed by atoms with Crippen LogP contribution in [0.2, 0.25) is 0 Å². The Labute approximate surface area is 140 Å². The summed E-state index contributed by atoms with van der Waals surface area (Å²) in [7, 11) is 0. The fraction of sp³-hybridized carbons (Fsp3) is 0.643. The van der Waals surface area contributed by atoms with Gasteiger partial charge in [0.15, 0.2) is 0 Å². The minimum atomic E-state index is -0.913. The number of carbonyl (C=O) groups is 5. The van der Waals surface area contributed by atoms with Gasteiger partial charge in [-0.3, -0.25) is 19.2 Å². The van der Waals surface area contributed by atoms with E-state index in [0.717, 1.165) is 0 Å². The van der Waals surface area contributed by atoms with Gasteiger partial charge in [0.25, 0.3) is 0 Å². The number of amides is 4. The molecule has 4 atom stereocenters. The molecule has 136 valence electrons. The van der Waals surface area contributed by atoms with Crippen molar-refractivity contribution in [3.63, 3.8) is 0 Å². The highest BCUT2D eigenvalue weighted by molar-refractivity contribution is 5.93. The molecule has 0 heterocycles. The highest BCUT2D eigenvalue weighted by atomic mass is 16.2. The van der Waals surface area contributed by atoms with E-state index in [2.05, 4.69) is 21.3 Å². The molecule has 6 N–H and O–H groups in total. The summed E-state index contributed by atoms with van der Waals surface area (Å²) in [5, 5.41) is 9.47. The van der Waals surface area contributed by atoms with Crippen LogP contribution in [0.4, 0.5) is 0 Å². The lowest BCUT2D eigenvalue weighted by atomic mass is 10.2. The maximum atomic E-state index is 11.9. The van der Waals surface area contributed by atoms with Crippen LogP contribution in [0.3, 0.4) is 0 Å². The monoisotopic (exact) mass is 343 g/mol. The quantitative estimate of drug-likeness (QED) is 0.284. The van der Waals surface area contributed by atoms with Gasteiger partial charge in [-0.1, -0.05) is 0 Å². The first-order chi connectivity index (χ1) is 11.1. The third kappa shape index (κ3) is 8.22. The molecule has 0 saturated carbocycles. The fourth-order valence-corrected chi connectivity index (χ4v) is 1.47. The number of nitrogens with two attached hydrogens (primary N) is 1. The van der Waals surface area contributed by atoms with E-state index in [0.29, 0.717) is 6.29 Å². The van der Waals surface area contributed by atoms with Crippen LogP contribution >= 0.6 is 0 Å². The first kappa shape index (κ1) is 21.5. The summed E-state index contributed by atoms with van der Waals surface area (Å²) >= 11 is 0. The van der Waals surface area contributed by atoms with E-state index in [-0.39, 0.29) is 6.54 Å². The molecule has 0 aliphatic heterocycles. The van der Waals surface area contributed by atoms with Crippen molar-refractivity contribution in [2.75, 3.05) is 6.54 Å². The Hall–Kier alpha value is -2.49. The van der Waals surface area contributed by atoms with Gasteiger partial charge in [0.05, 0.1) is 18.6 Å². The van der Waals surface area contributed by atoms with E-state index >= 15 is 0 Å². The Kier molecular flexibility index (Phi) is 9.25. The summed E-state index contributed by atoms with van der Waals surface area (Å²) in [5.74, 6) is -2.16. The second-order valence-electron chi connectivity index (χ2n) is 5.46. The van der Waals surface area contributed by atoms with Crippen LogP contribution in [-0.4, -0.2) is 60.6 Å². The minimum Gasteiger partial charge on any atom is -0.345 e. The second kappa shape index (κ2) is 10.3. The predicted molar refractivity (Wildman–Crippen MR) is 85.5 cm³/mol. The molecule has 10 nitrogen and oxygen atoms in total. The number of hydrogen-bond donors (Lipinski definition) is 5. The molecule has 0 bridgehead atoms. The first-order valence-corrected chi connectivity index (χ1v) is 7.47. The van der Waals surface area contributed by atoms with Gasteiger partial charge < -0.3 is 31.8 Å². The number of carbonyl (C=O) groups excluding carboxylic acids is 5. The number of hydrogen-bond acceptors (Lipinski definition) is 6. The molecule has 0 aromatic rings. The summed E-state index contributed by atoms with van der Waals surface area (Å²) in [6.45, 7) is 5.53. The van der Waals surface area contributed by atoms with Gasteiger partial charge in [0.2, 0.25) is 23.6 Å². The van der Waals surface area contributed by atoms with Crippen molar-refractivity contribution in [2.24, 2.45) is 5.73 Å². The van der Waals surface area contributed by atoms with E-state index in [4.69, 9.17) is 5.73 Å². The van der Waals surface area contributed by atoms with Crippen molar-refractivity contribution in [3.05, 3.63) is 0 Å². The Morgan fingerprint density at radius 3 is 1.88 bits per heavy atom. The summed E-state index contributed by atoms with van der Waals surface area (Å²) in [5.41, 5.74) is 5.38. The van der Waals surface area contributed by atoms with Gasteiger partial charge in [0, 0.05) is 0 Å². The molecule has 0 saturated heterocycles. The van der Waals surface area contributed by atoms with Crippen LogP contribution in [0.1, 0.15) is 27.7 Å². The highest BCUT2D eigenvalue weighted by Gasteiger charge is 2.22. The van der Waals surface area contributed by atoms with Gasteiger partial charge in [-0.25, -0.2) is 0 Å². The van der Waals surface area contributed by atoms with E-state index in [1.807, 2.05) is 0 Å². The lowest BCUT2D eigenvalue weighted by Gasteiger charge is -2.19. The third-order valence-electron chi connectivity index (χ3n) is 2.93. The van der Waals surface area contributed by atoms with Crippen molar-refractivity contribution in [3.8, 4) is 0 Å². The average molecular weight is 343 g/mol. The Morgan fingerprint density at radius 1 is 0.875 bits per heavy atom. The lowest BCUT2D eigenvalue weighted by Crippen LogP contribution is -2.54. The van der Waals surface area contributed by atoms with E-state index < -0.39 is 47.8 Å². The van der Waals surface area contributed by atoms with Gasteiger partial charge in [-0.2, -0.15) is 0 Å². The summed E-state index contributed by atoms with van der Waals surface area (Å²) in [4.78, 5) is 56.9. The van der Waals surface area contributed by atoms with E-state index in [1.54, 1.807) is 0 Å². The van der Waals surface area contributed by atoms with E-state index in [1.165, 1.54) is 27.7 Å². The van der Waals surface area contributed by atoms with Crippen LogP contribution in [0, 0.1) is 0 Å². The maximum Gasteiger partial charge on any atom is 0.242 e. The van der Waals surface area contributed by atoms with Crippen molar-refractivity contribution in [1.29, 1.82) is 0 Å². The molecule has 0 unspecified atom stereocenters. The van der Waals surface area contributed by atoms with E-state index in [9.17, 15) is 24.0 Å². The van der Waals surface area contributed by atoms with Crippen LogP contribution in [0.25, 0.3) is 0 Å². The molecule has 0 radical (unpaired) electrons. The van der Waals surface area contributed by atoms with Gasteiger partial charge in [-0.05, 0) is 27.7 Å². The number of aldehydes is 1. The predicted octanol–water partition coefficient (Wildman–Crippen LogP) is -2.84. The summed E-state index contributed by atoms with van der Waals surface area (Å²) < 4.78 is 0. The molecule has 0 aliphatic carbocycles.